The Balaban J connectivity index is 1.70. The molecule has 0 saturated heterocycles. The summed E-state index contributed by atoms with van der Waals surface area (Å²) in [5.41, 5.74) is -0.102. The van der Waals surface area contributed by atoms with Crippen molar-refractivity contribution in [3.63, 3.8) is 0 Å². The van der Waals surface area contributed by atoms with Gasteiger partial charge in [0.1, 0.15) is 35.8 Å². The van der Waals surface area contributed by atoms with Crippen LogP contribution in [-0.4, -0.2) is 35.5 Å². The first-order valence-electron chi connectivity index (χ1n) is 11.2. The minimum absolute atomic E-state index is 0.0459. The lowest BCUT2D eigenvalue weighted by atomic mass is 9.79. The van der Waals surface area contributed by atoms with Gasteiger partial charge in [-0.2, -0.15) is 19.1 Å². The first-order chi connectivity index (χ1) is 18.2. The van der Waals surface area contributed by atoms with Gasteiger partial charge in [0, 0.05) is 36.2 Å². The van der Waals surface area contributed by atoms with E-state index in [1.807, 2.05) is 0 Å². The Labute approximate surface area is 212 Å². The van der Waals surface area contributed by atoms with E-state index >= 15 is 0 Å². The quantitative estimate of drug-likeness (QED) is 0.401. The third kappa shape index (κ3) is 4.03. The Hall–Kier alpha value is -5.06. The SMILES string of the molecule is CC(c1nc(C(=O)Nc2cnoc2)c(O)c(=O)n1C)C1c2cn(C(F)F)nc2COc2cccc(C#N)c21. The van der Waals surface area contributed by atoms with Crippen LogP contribution in [0.15, 0.2) is 46.2 Å². The number of halogens is 2. The van der Waals surface area contributed by atoms with Crippen molar-refractivity contribution in [1.29, 1.82) is 5.26 Å². The summed E-state index contributed by atoms with van der Waals surface area (Å²) in [5.74, 6) is -3.01. The van der Waals surface area contributed by atoms with Crippen LogP contribution in [0.2, 0.25) is 0 Å². The second-order valence-electron chi connectivity index (χ2n) is 8.57. The number of aromatic hydroxyl groups is 1. The summed E-state index contributed by atoms with van der Waals surface area (Å²) in [4.78, 5) is 30.1. The molecule has 14 heteroatoms. The molecule has 2 N–H and O–H groups in total. The molecule has 0 saturated carbocycles. The fraction of sp³-hybridized carbons (Fsp3) is 0.250. The van der Waals surface area contributed by atoms with Crippen LogP contribution in [-0.2, 0) is 13.7 Å². The van der Waals surface area contributed by atoms with Crippen molar-refractivity contribution in [3.05, 3.63) is 81.1 Å². The van der Waals surface area contributed by atoms with Gasteiger partial charge in [0.2, 0.25) is 5.75 Å². The minimum Gasteiger partial charge on any atom is -0.501 e. The second-order valence-corrected chi connectivity index (χ2v) is 8.57. The maximum absolute atomic E-state index is 13.6. The van der Waals surface area contributed by atoms with E-state index in [9.17, 15) is 28.7 Å². The molecule has 1 aromatic carbocycles. The highest BCUT2D eigenvalue weighted by Crippen LogP contribution is 2.46. The van der Waals surface area contributed by atoms with Gasteiger partial charge in [-0.05, 0) is 12.1 Å². The molecular weight excluding hydrogens is 504 g/mol. The Morgan fingerprint density at radius 2 is 2.16 bits per heavy atom. The van der Waals surface area contributed by atoms with E-state index in [0.717, 1.165) is 10.8 Å². The van der Waals surface area contributed by atoms with E-state index in [0.29, 0.717) is 21.6 Å². The van der Waals surface area contributed by atoms with Crippen LogP contribution >= 0.6 is 0 Å². The lowest BCUT2D eigenvalue weighted by molar-refractivity contribution is 0.0556. The molecule has 4 heterocycles. The standard InChI is InChI=1S/C24H19F2N7O5/c1-11(21-30-19(20(34)23(36)32(21)2)22(35)29-13-7-28-38-9-13)17-14-8-33(24(25)26)31-15(14)10-37-16-5-3-4-12(6-27)18(16)17/h3-5,7-9,11,17,24,34H,10H2,1-2H3,(H,29,35). The molecule has 2 atom stereocenters. The molecule has 0 fully saturated rings. The molecule has 1 amide bonds. The lowest BCUT2D eigenvalue weighted by Gasteiger charge is -2.26. The van der Waals surface area contributed by atoms with E-state index in [4.69, 9.17) is 4.74 Å². The smallest absolute Gasteiger partial charge is 0.333 e. The van der Waals surface area contributed by atoms with Gasteiger partial charge in [-0.3, -0.25) is 14.2 Å². The molecule has 3 aromatic heterocycles. The van der Waals surface area contributed by atoms with E-state index in [-0.39, 0.29) is 29.4 Å². The molecule has 4 aromatic rings. The monoisotopic (exact) mass is 523 g/mol. The number of rotatable bonds is 5. The first kappa shape index (κ1) is 24.6. The maximum Gasteiger partial charge on any atom is 0.333 e. The van der Waals surface area contributed by atoms with Gasteiger partial charge < -0.3 is 19.7 Å². The van der Waals surface area contributed by atoms with Crippen molar-refractivity contribution in [2.24, 2.45) is 7.05 Å². The van der Waals surface area contributed by atoms with Crippen LogP contribution in [0.5, 0.6) is 11.5 Å². The van der Waals surface area contributed by atoms with Crippen LogP contribution in [0.1, 0.15) is 64.0 Å². The molecule has 194 valence electrons. The number of hydrogen-bond acceptors (Lipinski definition) is 9. The highest BCUT2D eigenvalue weighted by Gasteiger charge is 2.37. The number of ether oxygens (including phenoxy) is 1. The topological polar surface area (TPSA) is 161 Å². The molecule has 38 heavy (non-hydrogen) atoms. The van der Waals surface area contributed by atoms with Gasteiger partial charge in [0.15, 0.2) is 5.69 Å². The van der Waals surface area contributed by atoms with Gasteiger partial charge in [-0.1, -0.05) is 18.1 Å². The van der Waals surface area contributed by atoms with E-state index in [1.165, 1.54) is 19.4 Å². The molecule has 1 aliphatic rings. The number of nitrogens with zero attached hydrogens (tertiary/aromatic N) is 6. The fourth-order valence-electron chi connectivity index (χ4n) is 4.60. The molecule has 5 rings (SSSR count). The zero-order valence-electron chi connectivity index (χ0n) is 19.9. The number of alkyl halides is 2. The summed E-state index contributed by atoms with van der Waals surface area (Å²) < 4.78 is 39.2. The average molecular weight is 523 g/mol. The number of benzene rings is 1. The number of carbonyl (C=O) groups is 1. The first-order valence-corrected chi connectivity index (χ1v) is 11.2. The van der Waals surface area contributed by atoms with Gasteiger partial charge in [0.25, 0.3) is 11.5 Å². The Morgan fingerprint density at radius 1 is 1.37 bits per heavy atom. The third-order valence-corrected chi connectivity index (χ3v) is 6.35. The maximum atomic E-state index is 13.6. The zero-order valence-corrected chi connectivity index (χ0v) is 19.9. The van der Waals surface area contributed by atoms with Gasteiger partial charge in [-0.15, -0.1) is 0 Å². The van der Waals surface area contributed by atoms with Gasteiger partial charge in [-0.25, -0.2) is 9.67 Å². The molecule has 0 radical (unpaired) electrons. The summed E-state index contributed by atoms with van der Waals surface area (Å²) in [6, 6.07) is 6.94. The van der Waals surface area contributed by atoms with Crippen LogP contribution < -0.4 is 15.6 Å². The molecule has 0 bridgehead atoms. The van der Waals surface area contributed by atoms with Crippen LogP contribution in [0.4, 0.5) is 14.5 Å². The molecule has 0 aliphatic carbocycles. The number of carbonyl (C=O) groups excluding carboxylic acids is 1. The predicted octanol–water partition coefficient (Wildman–Crippen LogP) is 3.02. The van der Waals surface area contributed by atoms with Crippen LogP contribution in [0, 0.1) is 11.3 Å². The Bertz CT molecular complexity index is 1640. The van der Waals surface area contributed by atoms with Crippen molar-refractivity contribution >= 4 is 11.6 Å². The summed E-state index contributed by atoms with van der Waals surface area (Å²) >= 11 is 0. The number of fused-ring (bicyclic) bond motifs is 2. The molecule has 0 spiro atoms. The van der Waals surface area contributed by atoms with Crippen molar-refractivity contribution in [2.45, 2.75) is 31.9 Å². The Kier molecular flexibility index (Phi) is 6.11. The highest BCUT2D eigenvalue weighted by molar-refractivity contribution is 6.04. The number of anilines is 1. The van der Waals surface area contributed by atoms with Crippen molar-refractivity contribution < 1.29 is 27.9 Å². The van der Waals surface area contributed by atoms with E-state index < -0.39 is 41.3 Å². The minimum atomic E-state index is -2.92. The second kappa shape index (κ2) is 9.43. The Morgan fingerprint density at radius 3 is 2.84 bits per heavy atom. The van der Waals surface area contributed by atoms with Crippen molar-refractivity contribution in [1.82, 2.24) is 24.5 Å². The summed E-state index contributed by atoms with van der Waals surface area (Å²) in [6.45, 7) is -1.39. The summed E-state index contributed by atoms with van der Waals surface area (Å²) in [6.07, 6.45) is 3.53. The molecular formula is C24H19F2N7O5. The number of nitriles is 1. The normalized spacial score (nSPS) is 15.1. The lowest BCUT2D eigenvalue weighted by Crippen LogP contribution is -2.29. The largest absolute Gasteiger partial charge is 0.501 e. The zero-order chi connectivity index (χ0) is 27.1. The van der Waals surface area contributed by atoms with Gasteiger partial charge >= 0.3 is 6.55 Å². The number of amides is 1. The molecule has 2 unspecified atom stereocenters. The van der Waals surface area contributed by atoms with E-state index in [2.05, 4.69) is 31.1 Å². The van der Waals surface area contributed by atoms with Crippen molar-refractivity contribution in [3.8, 4) is 17.6 Å². The summed E-state index contributed by atoms with van der Waals surface area (Å²) in [7, 11) is 1.36. The van der Waals surface area contributed by atoms with Gasteiger partial charge in [0.05, 0.1) is 17.8 Å². The molecule has 12 nitrogen and oxygen atoms in total. The number of hydrogen-bond donors (Lipinski definition) is 2. The summed E-state index contributed by atoms with van der Waals surface area (Å²) in [5, 5.41) is 30.2. The third-order valence-electron chi connectivity index (χ3n) is 6.35. The van der Waals surface area contributed by atoms with Crippen LogP contribution in [0.25, 0.3) is 0 Å². The molecule has 1 aliphatic heterocycles. The van der Waals surface area contributed by atoms with Crippen molar-refractivity contribution in [2.75, 3.05) is 5.32 Å². The van der Waals surface area contributed by atoms with Crippen LogP contribution in [0.3, 0.4) is 0 Å². The average Bonchev–Trinajstić information content (AvgIpc) is 3.54. The fourth-order valence-corrected chi connectivity index (χ4v) is 4.60. The number of nitrogens with one attached hydrogen (secondary N) is 1. The predicted molar refractivity (Wildman–Crippen MR) is 125 cm³/mol. The number of aromatic nitrogens is 5. The van der Waals surface area contributed by atoms with E-state index in [1.54, 1.807) is 25.1 Å². The highest BCUT2D eigenvalue weighted by atomic mass is 19.3.